The van der Waals surface area contributed by atoms with E-state index in [4.69, 9.17) is 4.74 Å². The average Bonchev–Trinajstić information content (AvgIpc) is 3.35. The van der Waals surface area contributed by atoms with Crippen LogP contribution in [0, 0.1) is 11.3 Å². The summed E-state index contributed by atoms with van der Waals surface area (Å²) in [6.07, 6.45) is 3.64. The van der Waals surface area contributed by atoms with Gasteiger partial charge in [0.05, 0.1) is 30.4 Å². The Morgan fingerprint density at radius 1 is 1.13 bits per heavy atom. The molecule has 0 bridgehead atoms. The third-order valence-electron chi connectivity index (χ3n) is 8.89. The Balaban J connectivity index is 1.38. The van der Waals surface area contributed by atoms with Gasteiger partial charge >= 0.3 is 0 Å². The summed E-state index contributed by atoms with van der Waals surface area (Å²) >= 11 is 0. The second-order valence-corrected chi connectivity index (χ2v) is 11.4. The van der Waals surface area contributed by atoms with Crippen LogP contribution in [0.15, 0.2) is 30.3 Å². The number of piperidine rings is 1. The third kappa shape index (κ3) is 4.12. The highest BCUT2D eigenvalue weighted by atomic mass is 16.5. The Morgan fingerprint density at radius 3 is 2.61 bits per heavy atom. The van der Waals surface area contributed by atoms with E-state index in [1.807, 2.05) is 12.1 Å². The van der Waals surface area contributed by atoms with Gasteiger partial charge in [0.2, 0.25) is 0 Å². The van der Waals surface area contributed by atoms with E-state index < -0.39 is 5.41 Å². The number of fused-ring (bicyclic) bond motifs is 4. The quantitative estimate of drug-likeness (QED) is 0.534. The zero-order chi connectivity index (χ0) is 26.4. The van der Waals surface area contributed by atoms with E-state index in [-0.39, 0.29) is 12.4 Å². The molecule has 0 saturated carbocycles. The molecule has 0 amide bonds. The lowest BCUT2D eigenvalue weighted by molar-refractivity contribution is 0.0115. The van der Waals surface area contributed by atoms with Crippen LogP contribution in [0.2, 0.25) is 0 Å². The van der Waals surface area contributed by atoms with Crippen LogP contribution in [0.25, 0.3) is 10.9 Å². The first kappa shape index (κ1) is 25.1. The Hall–Kier alpha value is -3.18. The van der Waals surface area contributed by atoms with Crippen molar-refractivity contribution in [2.24, 2.45) is 0 Å². The predicted molar refractivity (Wildman–Crippen MR) is 148 cm³/mol. The number of ether oxygens (including phenoxy) is 1. The molecule has 7 nitrogen and oxygen atoms in total. The maximum atomic E-state index is 14.0. The summed E-state index contributed by atoms with van der Waals surface area (Å²) in [4.78, 5) is 22.6. The molecule has 1 aliphatic carbocycles. The molecule has 2 N–H and O–H groups in total. The number of aliphatic hydroxyl groups is 1. The zero-order valence-corrected chi connectivity index (χ0v) is 22.3. The Kier molecular flexibility index (Phi) is 6.51. The number of rotatable bonds is 5. The van der Waals surface area contributed by atoms with Gasteiger partial charge in [0.1, 0.15) is 0 Å². The van der Waals surface area contributed by atoms with Gasteiger partial charge in [0, 0.05) is 72.1 Å². The van der Waals surface area contributed by atoms with Crippen molar-refractivity contribution < 1.29 is 14.6 Å². The van der Waals surface area contributed by atoms with E-state index in [1.54, 1.807) is 6.07 Å². The van der Waals surface area contributed by atoms with Crippen LogP contribution in [0.4, 0.5) is 5.69 Å². The molecule has 2 fully saturated rings. The summed E-state index contributed by atoms with van der Waals surface area (Å²) in [5.74, 6) is 0.0353. The topological polar surface area (TPSA) is 92.6 Å². The van der Waals surface area contributed by atoms with Crippen molar-refractivity contribution in [2.45, 2.75) is 51.0 Å². The molecular weight excluding hydrogens is 476 g/mol. The second kappa shape index (κ2) is 9.85. The molecular formula is C31H36N4O3. The molecule has 3 aromatic rings. The van der Waals surface area contributed by atoms with Crippen LogP contribution >= 0.6 is 0 Å². The number of benzene rings is 2. The number of anilines is 1. The molecule has 2 aliphatic heterocycles. The van der Waals surface area contributed by atoms with Crippen molar-refractivity contribution in [3.05, 3.63) is 63.8 Å². The zero-order valence-electron chi connectivity index (χ0n) is 22.3. The number of nitrogens with zero attached hydrogens (tertiary/aromatic N) is 3. The molecule has 7 heteroatoms. The number of carbonyl (C=O) groups is 1. The minimum atomic E-state index is -0.402. The number of nitriles is 1. The van der Waals surface area contributed by atoms with Crippen LogP contribution in [0.5, 0.6) is 0 Å². The van der Waals surface area contributed by atoms with Gasteiger partial charge in [-0.1, -0.05) is 19.9 Å². The number of hydrogen-bond acceptors (Lipinski definition) is 6. The second-order valence-electron chi connectivity index (χ2n) is 11.4. The number of aryl methyl sites for hydroxylation is 1. The summed E-state index contributed by atoms with van der Waals surface area (Å²) in [6, 6.07) is 12.7. The maximum absolute atomic E-state index is 14.0. The number of morpholine rings is 1. The summed E-state index contributed by atoms with van der Waals surface area (Å²) in [5, 5.41) is 19.9. The Bertz CT molecular complexity index is 1420. The van der Waals surface area contributed by atoms with Crippen molar-refractivity contribution >= 4 is 22.4 Å². The summed E-state index contributed by atoms with van der Waals surface area (Å²) < 4.78 is 5.55. The summed E-state index contributed by atoms with van der Waals surface area (Å²) in [6.45, 7) is 10.1. The molecule has 6 rings (SSSR count). The van der Waals surface area contributed by atoms with Crippen LogP contribution < -0.4 is 4.90 Å². The normalized spacial score (nSPS) is 19.8. The lowest BCUT2D eigenvalue weighted by Gasteiger charge is -2.42. The van der Waals surface area contributed by atoms with Gasteiger partial charge in [-0.05, 0) is 61.1 Å². The van der Waals surface area contributed by atoms with Crippen LogP contribution in [0.3, 0.4) is 0 Å². The molecule has 0 radical (unpaired) electrons. The predicted octanol–water partition coefficient (Wildman–Crippen LogP) is 4.14. The SMILES string of the molecule is CC1(C)c2cc(N3CCC(N4CCOCC4)CC3)c(CCCO)cc2C(=O)c2c1[nH]c1cc(C#N)ccc21. The number of nitrogens with one attached hydrogen (secondary N) is 1. The number of aromatic amines is 1. The Morgan fingerprint density at radius 2 is 1.89 bits per heavy atom. The highest BCUT2D eigenvalue weighted by Gasteiger charge is 2.41. The number of H-pyrrole nitrogens is 1. The fourth-order valence-electron chi connectivity index (χ4n) is 6.76. The minimum absolute atomic E-state index is 0.0353. The van der Waals surface area contributed by atoms with E-state index in [0.29, 0.717) is 23.6 Å². The highest BCUT2D eigenvalue weighted by molar-refractivity contribution is 6.20. The number of hydrogen-bond donors (Lipinski definition) is 2. The van der Waals surface area contributed by atoms with Gasteiger partial charge < -0.3 is 19.7 Å². The smallest absolute Gasteiger partial charge is 0.195 e. The largest absolute Gasteiger partial charge is 0.396 e. The molecule has 0 spiro atoms. The van der Waals surface area contributed by atoms with Gasteiger partial charge in [0.15, 0.2) is 5.78 Å². The van der Waals surface area contributed by atoms with Crippen LogP contribution in [-0.4, -0.2) is 72.8 Å². The Labute approximate surface area is 224 Å². The van der Waals surface area contributed by atoms with Gasteiger partial charge in [-0.25, -0.2) is 0 Å². The molecule has 2 saturated heterocycles. The van der Waals surface area contributed by atoms with Gasteiger partial charge in [-0.2, -0.15) is 5.26 Å². The summed E-state index contributed by atoms with van der Waals surface area (Å²) in [5.41, 5.74) is 6.77. The molecule has 0 unspecified atom stereocenters. The van der Waals surface area contributed by atoms with Gasteiger partial charge in [-0.15, -0.1) is 0 Å². The van der Waals surface area contributed by atoms with Crippen LogP contribution in [0.1, 0.15) is 71.4 Å². The lowest BCUT2D eigenvalue weighted by atomic mass is 9.70. The molecule has 3 heterocycles. The number of ketones is 1. The molecule has 3 aliphatic rings. The fraction of sp³-hybridized carbons (Fsp3) is 0.484. The monoisotopic (exact) mass is 512 g/mol. The first-order chi connectivity index (χ1) is 18.4. The fourth-order valence-corrected chi connectivity index (χ4v) is 6.76. The molecule has 38 heavy (non-hydrogen) atoms. The van der Waals surface area contributed by atoms with Crippen molar-refractivity contribution in [1.82, 2.24) is 9.88 Å². The van der Waals surface area contributed by atoms with Gasteiger partial charge in [-0.3, -0.25) is 9.69 Å². The van der Waals surface area contributed by atoms with E-state index in [1.165, 1.54) is 5.69 Å². The highest BCUT2D eigenvalue weighted by Crippen LogP contribution is 2.46. The third-order valence-corrected chi connectivity index (χ3v) is 8.89. The lowest BCUT2D eigenvalue weighted by Crippen LogP contribution is -2.49. The minimum Gasteiger partial charge on any atom is -0.396 e. The number of carbonyl (C=O) groups excluding carboxylic acids is 1. The first-order valence-corrected chi connectivity index (χ1v) is 13.9. The number of aromatic nitrogens is 1. The van der Waals surface area contributed by atoms with E-state index in [9.17, 15) is 15.2 Å². The van der Waals surface area contributed by atoms with Crippen molar-refractivity contribution in [3.8, 4) is 6.07 Å². The molecule has 198 valence electrons. The molecule has 0 atom stereocenters. The first-order valence-electron chi connectivity index (χ1n) is 13.9. The maximum Gasteiger partial charge on any atom is 0.195 e. The molecule has 1 aromatic heterocycles. The summed E-state index contributed by atoms with van der Waals surface area (Å²) in [7, 11) is 0. The van der Waals surface area contributed by atoms with E-state index in [2.05, 4.69) is 46.8 Å². The van der Waals surface area contributed by atoms with Gasteiger partial charge in [0.25, 0.3) is 0 Å². The van der Waals surface area contributed by atoms with Crippen molar-refractivity contribution in [1.29, 1.82) is 5.26 Å². The van der Waals surface area contributed by atoms with E-state index in [0.717, 1.165) is 91.9 Å². The number of aliphatic hydroxyl groups excluding tert-OH is 1. The van der Waals surface area contributed by atoms with Crippen molar-refractivity contribution in [3.63, 3.8) is 0 Å². The standard InChI is InChI=1S/C31H36N4O3/c1-31(2)25-18-27(35-9-7-22(8-10-35)34-11-14-38-15-12-34)21(4-3-13-36)17-24(25)29(37)28-23-6-5-20(19-32)16-26(23)33-30(28)31/h5-6,16-18,22,33,36H,3-4,7-15H2,1-2H3. The van der Waals surface area contributed by atoms with Crippen LogP contribution in [-0.2, 0) is 16.6 Å². The van der Waals surface area contributed by atoms with E-state index >= 15 is 0 Å². The average molecular weight is 513 g/mol. The van der Waals surface area contributed by atoms with Crippen molar-refractivity contribution in [2.75, 3.05) is 50.9 Å². The molecule has 2 aromatic carbocycles.